The van der Waals surface area contributed by atoms with E-state index in [-0.39, 0.29) is 18.1 Å². The Bertz CT molecular complexity index is 329. The molecule has 1 unspecified atom stereocenters. The van der Waals surface area contributed by atoms with Crippen LogP contribution in [0.2, 0.25) is 0 Å². The summed E-state index contributed by atoms with van der Waals surface area (Å²) in [6.07, 6.45) is 2.93. The van der Waals surface area contributed by atoms with Gasteiger partial charge >= 0.3 is 12.0 Å². The van der Waals surface area contributed by atoms with E-state index in [0.29, 0.717) is 38.5 Å². The lowest BCUT2D eigenvalue weighted by Crippen LogP contribution is -2.43. The number of ether oxygens (including phenoxy) is 2. The van der Waals surface area contributed by atoms with Gasteiger partial charge in [0.25, 0.3) is 0 Å². The number of methoxy groups -OCH3 is 2. The van der Waals surface area contributed by atoms with Crippen LogP contribution in [0.3, 0.4) is 0 Å². The number of aliphatic carboxylic acids is 1. The maximum Gasteiger partial charge on any atom is 0.314 e. The topological polar surface area (TPSA) is 96.9 Å². The predicted octanol–water partition coefficient (Wildman–Crippen LogP) is 0.838. The summed E-state index contributed by atoms with van der Waals surface area (Å²) in [6.45, 7) is 1.40. The van der Waals surface area contributed by atoms with E-state index in [4.69, 9.17) is 14.6 Å². The second-order valence-corrected chi connectivity index (χ2v) is 5.46. The third-order valence-corrected chi connectivity index (χ3v) is 3.92. The lowest BCUT2D eigenvalue weighted by molar-refractivity contribution is -0.143. The van der Waals surface area contributed by atoms with Gasteiger partial charge in [-0.05, 0) is 31.6 Å². The molecular weight excluding hydrogens is 276 g/mol. The van der Waals surface area contributed by atoms with E-state index in [1.807, 2.05) is 0 Å². The van der Waals surface area contributed by atoms with Gasteiger partial charge in [-0.3, -0.25) is 4.79 Å². The molecule has 0 aromatic rings. The molecule has 1 aliphatic carbocycles. The van der Waals surface area contributed by atoms with E-state index >= 15 is 0 Å². The number of hydrogen-bond donors (Lipinski definition) is 3. The van der Waals surface area contributed by atoms with Gasteiger partial charge in [0, 0.05) is 27.3 Å². The van der Waals surface area contributed by atoms with Gasteiger partial charge in [0.15, 0.2) is 0 Å². The van der Waals surface area contributed by atoms with E-state index in [2.05, 4.69) is 10.6 Å². The van der Waals surface area contributed by atoms with Crippen molar-refractivity contribution in [3.63, 3.8) is 0 Å². The van der Waals surface area contributed by atoms with Crippen LogP contribution in [-0.2, 0) is 14.3 Å². The summed E-state index contributed by atoms with van der Waals surface area (Å²) < 4.78 is 10.1. The van der Waals surface area contributed by atoms with Crippen LogP contribution in [0.5, 0.6) is 0 Å². The van der Waals surface area contributed by atoms with Crippen LogP contribution in [0.15, 0.2) is 0 Å². The van der Waals surface area contributed by atoms with Gasteiger partial charge in [0.2, 0.25) is 0 Å². The Morgan fingerprint density at radius 2 is 1.86 bits per heavy atom. The summed E-state index contributed by atoms with van der Waals surface area (Å²) in [4.78, 5) is 22.5. The number of carboxylic acid groups (broad SMARTS) is 1. The lowest BCUT2D eigenvalue weighted by Gasteiger charge is -2.26. The van der Waals surface area contributed by atoms with Gasteiger partial charge < -0.3 is 25.2 Å². The van der Waals surface area contributed by atoms with Crippen LogP contribution in [0, 0.1) is 11.8 Å². The molecule has 0 radical (unpaired) electrons. The highest BCUT2D eigenvalue weighted by atomic mass is 16.5. The first-order valence-corrected chi connectivity index (χ1v) is 7.33. The van der Waals surface area contributed by atoms with Crippen LogP contribution in [0.1, 0.15) is 25.7 Å². The molecule has 0 spiro atoms. The number of carbonyl (C=O) groups excluding carboxylic acids is 1. The van der Waals surface area contributed by atoms with Crippen LogP contribution in [0.25, 0.3) is 0 Å². The summed E-state index contributed by atoms with van der Waals surface area (Å²) in [5, 5.41) is 14.5. The second kappa shape index (κ2) is 9.57. The number of rotatable bonds is 8. The lowest BCUT2D eigenvalue weighted by atomic mass is 9.82. The Morgan fingerprint density at radius 3 is 2.38 bits per heavy atom. The number of nitrogens with one attached hydrogen (secondary N) is 2. The van der Waals surface area contributed by atoms with E-state index < -0.39 is 5.97 Å². The fraction of sp³-hybridized carbons (Fsp3) is 0.857. The Hall–Kier alpha value is -1.34. The number of carboxylic acids is 1. The molecule has 0 aromatic heterocycles. The average molecular weight is 302 g/mol. The molecule has 1 rings (SSSR count). The van der Waals surface area contributed by atoms with Gasteiger partial charge in [0.05, 0.1) is 18.6 Å². The fourth-order valence-corrected chi connectivity index (χ4v) is 2.52. The molecule has 21 heavy (non-hydrogen) atoms. The minimum absolute atomic E-state index is 0.160. The SMILES string of the molecule is COCC(CNC(=O)NCC1CCC(C(=O)O)CC1)OC. The Morgan fingerprint density at radius 1 is 1.19 bits per heavy atom. The molecule has 0 aliphatic heterocycles. The monoisotopic (exact) mass is 302 g/mol. The van der Waals surface area contributed by atoms with Crippen molar-refractivity contribution in [2.75, 3.05) is 33.9 Å². The Kier molecular flexibility index (Phi) is 8.07. The normalized spacial score (nSPS) is 23.3. The molecule has 3 N–H and O–H groups in total. The third kappa shape index (κ3) is 6.77. The van der Waals surface area contributed by atoms with Gasteiger partial charge in [0.1, 0.15) is 0 Å². The average Bonchev–Trinajstić information content (AvgIpc) is 2.49. The summed E-state index contributed by atoms with van der Waals surface area (Å²) in [5.74, 6) is -0.557. The van der Waals surface area contributed by atoms with E-state index in [1.54, 1.807) is 14.2 Å². The summed E-state index contributed by atoms with van der Waals surface area (Å²) >= 11 is 0. The van der Waals surface area contributed by atoms with Crippen molar-refractivity contribution in [1.29, 1.82) is 0 Å². The molecular formula is C14H26N2O5. The summed E-state index contributed by atoms with van der Waals surface area (Å²) in [5.41, 5.74) is 0. The van der Waals surface area contributed by atoms with Crippen LogP contribution < -0.4 is 10.6 Å². The molecule has 0 heterocycles. The second-order valence-electron chi connectivity index (χ2n) is 5.46. The first-order valence-electron chi connectivity index (χ1n) is 7.33. The quantitative estimate of drug-likeness (QED) is 0.617. The van der Waals surface area contributed by atoms with Crippen molar-refractivity contribution in [3.8, 4) is 0 Å². The number of hydrogen-bond acceptors (Lipinski definition) is 4. The number of urea groups is 1. The minimum Gasteiger partial charge on any atom is -0.481 e. The molecule has 2 amide bonds. The molecule has 1 saturated carbocycles. The Labute approximate surface area is 125 Å². The van der Waals surface area contributed by atoms with Gasteiger partial charge in [-0.15, -0.1) is 0 Å². The zero-order valence-electron chi connectivity index (χ0n) is 12.8. The van der Waals surface area contributed by atoms with Crippen molar-refractivity contribution in [2.24, 2.45) is 11.8 Å². The Balaban J connectivity index is 2.15. The zero-order chi connectivity index (χ0) is 15.7. The highest BCUT2D eigenvalue weighted by Crippen LogP contribution is 2.28. The van der Waals surface area contributed by atoms with E-state index in [1.165, 1.54) is 0 Å². The summed E-state index contributed by atoms with van der Waals surface area (Å²) in [7, 11) is 3.16. The molecule has 0 bridgehead atoms. The van der Waals surface area contributed by atoms with Crippen molar-refractivity contribution in [1.82, 2.24) is 10.6 Å². The maximum atomic E-state index is 11.7. The van der Waals surface area contributed by atoms with Gasteiger partial charge in [-0.2, -0.15) is 0 Å². The molecule has 0 aromatic carbocycles. The predicted molar refractivity (Wildman–Crippen MR) is 77.2 cm³/mol. The smallest absolute Gasteiger partial charge is 0.314 e. The van der Waals surface area contributed by atoms with Crippen LogP contribution >= 0.6 is 0 Å². The van der Waals surface area contributed by atoms with Crippen molar-refractivity contribution in [2.45, 2.75) is 31.8 Å². The van der Waals surface area contributed by atoms with Crippen molar-refractivity contribution < 1.29 is 24.2 Å². The minimum atomic E-state index is -0.706. The van der Waals surface area contributed by atoms with Gasteiger partial charge in [-0.1, -0.05) is 0 Å². The highest BCUT2D eigenvalue weighted by molar-refractivity contribution is 5.73. The highest BCUT2D eigenvalue weighted by Gasteiger charge is 2.25. The van der Waals surface area contributed by atoms with Crippen LogP contribution in [0.4, 0.5) is 4.79 Å². The molecule has 7 nitrogen and oxygen atoms in total. The molecule has 0 saturated heterocycles. The van der Waals surface area contributed by atoms with Crippen molar-refractivity contribution in [3.05, 3.63) is 0 Å². The number of carbonyl (C=O) groups is 2. The largest absolute Gasteiger partial charge is 0.481 e. The van der Waals surface area contributed by atoms with E-state index in [9.17, 15) is 9.59 Å². The van der Waals surface area contributed by atoms with Crippen molar-refractivity contribution >= 4 is 12.0 Å². The molecule has 122 valence electrons. The number of amides is 2. The fourth-order valence-electron chi connectivity index (χ4n) is 2.52. The molecule has 1 fully saturated rings. The first kappa shape index (κ1) is 17.7. The van der Waals surface area contributed by atoms with E-state index in [0.717, 1.165) is 12.8 Å². The molecule has 1 atom stereocenters. The van der Waals surface area contributed by atoms with Crippen LogP contribution in [-0.4, -0.2) is 57.1 Å². The first-order chi connectivity index (χ1) is 10.1. The molecule has 7 heteroatoms. The third-order valence-electron chi connectivity index (χ3n) is 3.92. The maximum absolute atomic E-state index is 11.7. The zero-order valence-corrected chi connectivity index (χ0v) is 12.8. The standard InChI is InChI=1S/C14H26N2O5/c1-20-9-12(21-2)8-16-14(19)15-7-10-3-5-11(6-4-10)13(17)18/h10-12H,3-9H2,1-2H3,(H,17,18)(H2,15,16,19). The van der Waals surface area contributed by atoms with Gasteiger partial charge in [-0.25, -0.2) is 4.79 Å². The summed E-state index contributed by atoms with van der Waals surface area (Å²) in [6, 6.07) is -0.228. The molecule has 1 aliphatic rings.